The number of morpholine rings is 1. The van der Waals surface area contributed by atoms with Crippen LogP contribution in [-0.4, -0.2) is 56.7 Å². The predicted molar refractivity (Wildman–Crippen MR) is 95.0 cm³/mol. The van der Waals surface area contributed by atoms with Crippen molar-refractivity contribution in [2.75, 3.05) is 32.8 Å². The van der Waals surface area contributed by atoms with E-state index in [0.717, 1.165) is 24.6 Å². The van der Waals surface area contributed by atoms with E-state index in [0.29, 0.717) is 47.9 Å². The molecule has 1 saturated heterocycles. The molecule has 3 aromatic rings. The van der Waals surface area contributed by atoms with Gasteiger partial charge >= 0.3 is 5.69 Å². The average molecular weight is 359 g/mol. The minimum Gasteiger partial charge on any atom is -0.379 e. The zero-order valence-electron chi connectivity index (χ0n) is 13.5. The molecule has 8 nitrogen and oxygen atoms in total. The Bertz CT molecular complexity index is 988. The summed E-state index contributed by atoms with van der Waals surface area (Å²) in [5.74, 6) is 0. The summed E-state index contributed by atoms with van der Waals surface area (Å²) in [6, 6.07) is 5.45. The number of pyridine rings is 1. The van der Waals surface area contributed by atoms with E-state index < -0.39 is 5.69 Å². The maximum absolute atomic E-state index is 12.7. The van der Waals surface area contributed by atoms with Gasteiger partial charge in [-0.05, 0) is 23.7 Å². The molecule has 4 rings (SSSR count). The van der Waals surface area contributed by atoms with Crippen molar-refractivity contribution in [3.05, 3.63) is 45.2 Å². The molecule has 0 unspecified atom stereocenters. The van der Waals surface area contributed by atoms with Crippen LogP contribution in [0.2, 0.25) is 0 Å². The third-order valence-corrected chi connectivity index (χ3v) is 5.09. The molecular weight excluding hydrogens is 342 g/mol. The minimum atomic E-state index is -0.414. The van der Waals surface area contributed by atoms with Crippen LogP contribution in [0.5, 0.6) is 0 Å². The summed E-state index contributed by atoms with van der Waals surface area (Å²) >= 11 is 1.09. The fourth-order valence-electron chi connectivity index (χ4n) is 2.89. The molecule has 4 heterocycles. The number of nitrogens with one attached hydrogen (secondary N) is 1. The molecule has 130 valence electrons. The standard InChI is InChI=1S/C16H17N5O3S/c22-15-14-13(12(19-25-14)11-3-1-2-4-17-11)18-16(23)21(15)6-5-20-7-9-24-10-8-20/h1-4H,5-10H2,(H,18,23). The Morgan fingerprint density at radius 3 is 2.80 bits per heavy atom. The zero-order chi connectivity index (χ0) is 17.2. The molecule has 25 heavy (non-hydrogen) atoms. The number of ether oxygens (including phenoxy) is 1. The lowest BCUT2D eigenvalue weighted by Crippen LogP contribution is -2.42. The molecular formula is C16H17N5O3S. The Morgan fingerprint density at radius 1 is 1.20 bits per heavy atom. The summed E-state index contributed by atoms with van der Waals surface area (Å²) in [6.07, 6.45) is 1.65. The van der Waals surface area contributed by atoms with Gasteiger partial charge in [0.1, 0.15) is 10.4 Å². The number of aromatic amines is 1. The topological polar surface area (TPSA) is 93.1 Å². The fraction of sp³-hybridized carbons (Fsp3) is 0.375. The highest BCUT2D eigenvalue weighted by molar-refractivity contribution is 7.13. The third kappa shape index (κ3) is 3.13. The van der Waals surface area contributed by atoms with Crippen molar-refractivity contribution in [3.63, 3.8) is 0 Å². The molecule has 0 saturated carbocycles. The molecule has 0 spiro atoms. The van der Waals surface area contributed by atoms with Crippen molar-refractivity contribution in [2.24, 2.45) is 0 Å². The first-order valence-electron chi connectivity index (χ1n) is 8.08. The van der Waals surface area contributed by atoms with Gasteiger partial charge in [-0.2, -0.15) is 4.37 Å². The monoisotopic (exact) mass is 359 g/mol. The summed E-state index contributed by atoms with van der Waals surface area (Å²) in [5.41, 5.74) is 0.918. The van der Waals surface area contributed by atoms with Gasteiger partial charge in [0, 0.05) is 32.4 Å². The third-order valence-electron chi connectivity index (χ3n) is 4.26. The van der Waals surface area contributed by atoms with E-state index in [1.165, 1.54) is 4.57 Å². The van der Waals surface area contributed by atoms with Gasteiger partial charge in [-0.15, -0.1) is 0 Å². The summed E-state index contributed by atoms with van der Waals surface area (Å²) in [4.78, 5) is 34.4. The molecule has 0 bridgehead atoms. The largest absolute Gasteiger partial charge is 0.379 e. The quantitative estimate of drug-likeness (QED) is 0.731. The highest BCUT2D eigenvalue weighted by Gasteiger charge is 2.17. The zero-order valence-corrected chi connectivity index (χ0v) is 14.3. The highest BCUT2D eigenvalue weighted by Crippen LogP contribution is 2.24. The maximum atomic E-state index is 12.7. The molecule has 3 aromatic heterocycles. The Morgan fingerprint density at radius 2 is 2.04 bits per heavy atom. The number of fused-ring (bicyclic) bond motifs is 1. The molecule has 1 fully saturated rings. The molecule has 0 radical (unpaired) electrons. The van der Waals surface area contributed by atoms with Crippen LogP contribution < -0.4 is 11.2 Å². The first-order valence-corrected chi connectivity index (χ1v) is 8.85. The van der Waals surface area contributed by atoms with Gasteiger partial charge in [-0.3, -0.25) is 19.2 Å². The van der Waals surface area contributed by atoms with Crippen LogP contribution in [0.1, 0.15) is 0 Å². The number of H-pyrrole nitrogens is 1. The van der Waals surface area contributed by atoms with Crippen molar-refractivity contribution >= 4 is 21.7 Å². The van der Waals surface area contributed by atoms with Crippen LogP contribution in [0, 0.1) is 0 Å². The predicted octanol–water partition coefficient (Wildman–Crippen LogP) is 0.540. The van der Waals surface area contributed by atoms with E-state index in [1.54, 1.807) is 18.3 Å². The van der Waals surface area contributed by atoms with E-state index in [-0.39, 0.29) is 5.56 Å². The van der Waals surface area contributed by atoms with Crippen LogP contribution in [-0.2, 0) is 11.3 Å². The van der Waals surface area contributed by atoms with Crippen LogP contribution >= 0.6 is 11.5 Å². The van der Waals surface area contributed by atoms with Gasteiger partial charge in [0.15, 0.2) is 0 Å². The first-order chi connectivity index (χ1) is 12.2. The molecule has 1 aliphatic rings. The Kier molecular flexibility index (Phi) is 4.43. The second-order valence-electron chi connectivity index (χ2n) is 5.79. The molecule has 9 heteroatoms. The van der Waals surface area contributed by atoms with Gasteiger partial charge in [-0.1, -0.05) is 6.07 Å². The number of nitrogens with zero attached hydrogens (tertiary/aromatic N) is 4. The SMILES string of the molecule is O=c1[nH]c2c(-c3ccccn3)nsc2c(=O)n1CCN1CCOCC1. The van der Waals surface area contributed by atoms with Crippen molar-refractivity contribution < 1.29 is 4.74 Å². The van der Waals surface area contributed by atoms with Gasteiger partial charge < -0.3 is 9.72 Å². The lowest BCUT2D eigenvalue weighted by atomic mass is 10.2. The summed E-state index contributed by atoms with van der Waals surface area (Å²) in [7, 11) is 0. The van der Waals surface area contributed by atoms with E-state index in [1.807, 2.05) is 6.07 Å². The van der Waals surface area contributed by atoms with Gasteiger partial charge in [-0.25, -0.2) is 4.79 Å². The van der Waals surface area contributed by atoms with E-state index in [2.05, 4.69) is 19.2 Å². The lowest BCUT2D eigenvalue weighted by molar-refractivity contribution is 0.0361. The first kappa shape index (κ1) is 16.1. The normalized spacial score (nSPS) is 15.7. The molecule has 1 aliphatic heterocycles. The van der Waals surface area contributed by atoms with Gasteiger partial charge in [0.25, 0.3) is 5.56 Å². The van der Waals surface area contributed by atoms with Crippen molar-refractivity contribution in [2.45, 2.75) is 6.54 Å². The number of rotatable bonds is 4. The van der Waals surface area contributed by atoms with Crippen LogP contribution in [0.15, 0.2) is 34.0 Å². The Hall–Kier alpha value is -2.36. The van der Waals surface area contributed by atoms with Gasteiger partial charge in [0.05, 0.1) is 24.4 Å². The molecule has 0 amide bonds. The molecule has 0 aromatic carbocycles. The average Bonchev–Trinajstić information content (AvgIpc) is 3.07. The number of hydrogen-bond acceptors (Lipinski definition) is 7. The lowest BCUT2D eigenvalue weighted by Gasteiger charge is -2.26. The number of aromatic nitrogens is 4. The Labute approximate surface area is 146 Å². The fourth-order valence-corrected chi connectivity index (χ4v) is 3.68. The van der Waals surface area contributed by atoms with Crippen LogP contribution in [0.3, 0.4) is 0 Å². The molecule has 0 aliphatic carbocycles. The highest BCUT2D eigenvalue weighted by atomic mass is 32.1. The Balaban J connectivity index is 1.68. The second-order valence-corrected chi connectivity index (χ2v) is 6.56. The summed E-state index contributed by atoms with van der Waals surface area (Å²) < 4.78 is 11.3. The van der Waals surface area contributed by atoms with E-state index in [4.69, 9.17) is 4.74 Å². The van der Waals surface area contributed by atoms with Crippen molar-refractivity contribution in [1.29, 1.82) is 0 Å². The van der Waals surface area contributed by atoms with Crippen molar-refractivity contribution in [1.82, 2.24) is 23.8 Å². The van der Waals surface area contributed by atoms with E-state index in [9.17, 15) is 9.59 Å². The molecule has 0 atom stereocenters. The minimum absolute atomic E-state index is 0.299. The van der Waals surface area contributed by atoms with E-state index >= 15 is 0 Å². The van der Waals surface area contributed by atoms with Crippen molar-refractivity contribution in [3.8, 4) is 11.4 Å². The second kappa shape index (κ2) is 6.87. The summed E-state index contributed by atoms with van der Waals surface area (Å²) in [6.45, 7) is 4.00. The maximum Gasteiger partial charge on any atom is 0.328 e. The molecule has 1 N–H and O–H groups in total. The van der Waals surface area contributed by atoms with Gasteiger partial charge in [0.2, 0.25) is 0 Å². The summed E-state index contributed by atoms with van der Waals surface area (Å²) in [5, 5.41) is 0. The van der Waals surface area contributed by atoms with Crippen LogP contribution in [0.4, 0.5) is 0 Å². The smallest absolute Gasteiger partial charge is 0.328 e. The van der Waals surface area contributed by atoms with Crippen LogP contribution in [0.25, 0.3) is 21.6 Å². The number of hydrogen-bond donors (Lipinski definition) is 1.